The molecule has 1 aliphatic rings. The Morgan fingerprint density at radius 3 is 2.43 bits per heavy atom. The lowest BCUT2D eigenvalue weighted by atomic mass is 10.1. The van der Waals surface area contributed by atoms with E-state index in [1.165, 1.54) is 6.07 Å². The first kappa shape index (κ1) is 15.2. The molecule has 21 heavy (non-hydrogen) atoms. The van der Waals surface area contributed by atoms with Gasteiger partial charge in [0.1, 0.15) is 6.04 Å². The minimum atomic E-state index is -0.811. The van der Waals surface area contributed by atoms with Crippen LogP contribution in [0.25, 0.3) is 0 Å². The summed E-state index contributed by atoms with van der Waals surface area (Å²) in [4.78, 5) is 25.5. The summed E-state index contributed by atoms with van der Waals surface area (Å²) in [5, 5.41) is 19.8. The molecule has 0 aromatic heterocycles. The zero-order chi connectivity index (χ0) is 15.6. The van der Waals surface area contributed by atoms with E-state index in [1.807, 2.05) is 11.0 Å². The number of anilines is 1. The van der Waals surface area contributed by atoms with Gasteiger partial charge in [0.15, 0.2) is 0 Å². The molecule has 1 fully saturated rings. The number of hydrogen-bond acceptors (Lipinski definition) is 5. The summed E-state index contributed by atoms with van der Waals surface area (Å²) in [6.45, 7) is 6.19. The van der Waals surface area contributed by atoms with Crippen LogP contribution in [-0.2, 0) is 4.79 Å². The van der Waals surface area contributed by atoms with Crippen LogP contribution in [-0.4, -0.2) is 53.1 Å². The summed E-state index contributed by atoms with van der Waals surface area (Å²) in [5.74, 6) is -0.811. The molecule has 7 heteroatoms. The highest BCUT2D eigenvalue weighted by atomic mass is 16.6. The Kier molecular flexibility index (Phi) is 4.42. The smallest absolute Gasteiger partial charge is 0.320 e. The lowest BCUT2D eigenvalue weighted by Crippen LogP contribution is -2.51. The Hall–Kier alpha value is -2.15. The van der Waals surface area contributed by atoms with Gasteiger partial charge in [0, 0.05) is 43.5 Å². The molecule has 1 unspecified atom stereocenters. The van der Waals surface area contributed by atoms with Crippen LogP contribution < -0.4 is 4.90 Å². The van der Waals surface area contributed by atoms with E-state index in [1.54, 1.807) is 19.9 Å². The number of rotatable bonds is 4. The third-order valence-electron chi connectivity index (χ3n) is 3.96. The number of carboxylic acids is 1. The van der Waals surface area contributed by atoms with Gasteiger partial charge < -0.3 is 10.0 Å². The van der Waals surface area contributed by atoms with Crippen LogP contribution in [0.1, 0.15) is 12.5 Å². The number of nitrogens with zero attached hydrogens (tertiary/aromatic N) is 3. The van der Waals surface area contributed by atoms with Gasteiger partial charge >= 0.3 is 5.97 Å². The van der Waals surface area contributed by atoms with E-state index in [-0.39, 0.29) is 10.6 Å². The van der Waals surface area contributed by atoms with Gasteiger partial charge in [-0.05, 0) is 26.0 Å². The first-order chi connectivity index (χ1) is 9.90. The first-order valence-corrected chi connectivity index (χ1v) is 6.87. The van der Waals surface area contributed by atoms with Crippen molar-refractivity contribution in [2.45, 2.75) is 19.9 Å². The largest absolute Gasteiger partial charge is 0.480 e. The predicted octanol–water partition coefficient (Wildman–Crippen LogP) is 1.50. The predicted molar refractivity (Wildman–Crippen MR) is 78.7 cm³/mol. The molecule has 0 spiro atoms. The molecule has 1 aromatic rings. The molecule has 1 heterocycles. The van der Waals surface area contributed by atoms with Crippen LogP contribution in [0.3, 0.4) is 0 Å². The number of piperazine rings is 1. The van der Waals surface area contributed by atoms with Crippen molar-refractivity contribution in [1.29, 1.82) is 0 Å². The SMILES string of the molecule is Cc1cc(N2CCN(C(C)C(=O)O)CC2)ccc1[N+](=O)[O-]. The summed E-state index contributed by atoms with van der Waals surface area (Å²) in [5.41, 5.74) is 1.71. The van der Waals surface area contributed by atoms with Crippen molar-refractivity contribution in [3.63, 3.8) is 0 Å². The van der Waals surface area contributed by atoms with Crippen LogP contribution in [0.4, 0.5) is 11.4 Å². The van der Waals surface area contributed by atoms with E-state index in [0.717, 1.165) is 18.8 Å². The second kappa shape index (κ2) is 6.09. The maximum absolute atomic E-state index is 11.0. The van der Waals surface area contributed by atoms with Crippen LogP contribution in [0, 0.1) is 17.0 Å². The maximum Gasteiger partial charge on any atom is 0.320 e. The van der Waals surface area contributed by atoms with Gasteiger partial charge in [-0.25, -0.2) is 0 Å². The average Bonchev–Trinajstić information content (AvgIpc) is 2.46. The number of aryl methyl sites for hydroxylation is 1. The van der Waals surface area contributed by atoms with E-state index in [9.17, 15) is 14.9 Å². The Labute approximate surface area is 122 Å². The molecule has 2 rings (SSSR count). The first-order valence-electron chi connectivity index (χ1n) is 6.87. The lowest BCUT2D eigenvalue weighted by molar-refractivity contribution is -0.385. The maximum atomic E-state index is 11.0. The molecule has 1 atom stereocenters. The van der Waals surface area contributed by atoms with E-state index >= 15 is 0 Å². The number of benzene rings is 1. The average molecular weight is 293 g/mol. The van der Waals surface area contributed by atoms with Crippen LogP contribution >= 0.6 is 0 Å². The van der Waals surface area contributed by atoms with Crippen molar-refractivity contribution in [2.75, 3.05) is 31.1 Å². The van der Waals surface area contributed by atoms with Crippen molar-refractivity contribution in [3.05, 3.63) is 33.9 Å². The van der Waals surface area contributed by atoms with Crippen LogP contribution in [0.2, 0.25) is 0 Å². The van der Waals surface area contributed by atoms with Crippen LogP contribution in [0.15, 0.2) is 18.2 Å². The number of nitro benzene ring substituents is 1. The molecule has 114 valence electrons. The van der Waals surface area contributed by atoms with Gasteiger partial charge in [-0.2, -0.15) is 0 Å². The molecular weight excluding hydrogens is 274 g/mol. The van der Waals surface area contributed by atoms with Gasteiger partial charge in [-0.15, -0.1) is 0 Å². The van der Waals surface area contributed by atoms with E-state index in [0.29, 0.717) is 18.7 Å². The van der Waals surface area contributed by atoms with Gasteiger partial charge in [-0.1, -0.05) is 0 Å². The zero-order valence-electron chi connectivity index (χ0n) is 12.2. The summed E-state index contributed by atoms with van der Waals surface area (Å²) in [7, 11) is 0. The molecular formula is C14H19N3O4. The third-order valence-corrected chi connectivity index (χ3v) is 3.96. The fraction of sp³-hybridized carbons (Fsp3) is 0.500. The molecule has 1 saturated heterocycles. The minimum Gasteiger partial charge on any atom is -0.480 e. The highest BCUT2D eigenvalue weighted by Gasteiger charge is 2.25. The molecule has 1 aliphatic heterocycles. The second-order valence-corrected chi connectivity index (χ2v) is 5.27. The monoisotopic (exact) mass is 293 g/mol. The van der Waals surface area contributed by atoms with Gasteiger partial charge in [-0.3, -0.25) is 19.8 Å². The summed E-state index contributed by atoms with van der Waals surface area (Å²) >= 11 is 0. The highest BCUT2D eigenvalue weighted by molar-refractivity contribution is 5.73. The number of carbonyl (C=O) groups is 1. The van der Waals surface area contributed by atoms with Gasteiger partial charge in [0.25, 0.3) is 5.69 Å². The molecule has 1 aromatic carbocycles. The third kappa shape index (κ3) is 3.30. The Morgan fingerprint density at radius 1 is 1.33 bits per heavy atom. The fourth-order valence-corrected chi connectivity index (χ4v) is 2.56. The van der Waals surface area contributed by atoms with E-state index in [2.05, 4.69) is 4.90 Å². The van der Waals surface area contributed by atoms with Crippen molar-refractivity contribution < 1.29 is 14.8 Å². The molecule has 1 N–H and O–H groups in total. The standard InChI is InChI=1S/C14H19N3O4/c1-10-9-12(3-4-13(10)17(20)21)16-7-5-15(6-8-16)11(2)14(18)19/h3-4,9,11H,5-8H2,1-2H3,(H,18,19). The summed E-state index contributed by atoms with van der Waals surface area (Å²) in [6, 6.07) is 4.61. The molecule has 7 nitrogen and oxygen atoms in total. The van der Waals surface area contributed by atoms with Gasteiger partial charge in [0.05, 0.1) is 4.92 Å². The molecule has 0 aliphatic carbocycles. The normalized spacial score (nSPS) is 17.5. The molecule has 0 saturated carbocycles. The quantitative estimate of drug-likeness (QED) is 0.668. The zero-order valence-corrected chi connectivity index (χ0v) is 12.2. The Morgan fingerprint density at radius 2 is 1.95 bits per heavy atom. The fourth-order valence-electron chi connectivity index (χ4n) is 2.56. The topological polar surface area (TPSA) is 86.9 Å². The van der Waals surface area contributed by atoms with Crippen molar-refractivity contribution in [1.82, 2.24) is 4.90 Å². The van der Waals surface area contributed by atoms with Gasteiger partial charge in [0.2, 0.25) is 0 Å². The number of nitro groups is 1. The molecule has 0 radical (unpaired) electrons. The van der Waals surface area contributed by atoms with E-state index < -0.39 is 12.0 Å². The lowest BCUT2D eigenvalue weighted by Gasteiger charge is -2.37. The van der Waals surface area contributed by atoms with Crippen molar-refractivity contribution in [2.24, 2.45) is 0 Å². The number of aliphatic carboxylic acids is 1. The Balaban J connectivity index is 2.04. The number of hydrogen-bond donors (Lipinski definition) is 1. The highest BCUT2D eigenvalue weighted by Crippen LogP contribution is 2.25. The van der Waals surface area contributed by atoms with E-state index in [4.69, 9.17) is 5.11 Å². The molecule has 0 amide bonds. The van der Waals surface area contributed by atoms with Crippen molar-refractivity contribution in [3.8, 4) is 0 Å². The summed E-state index contributed by atoms with van der Waals surface area (Å²) < 4.78 is 0. The van der Waals surface area contributed by atoms with Crippen LogP contribution in [0.5, 0.6) is 0 Å². The Bertz CT molecular complexity index is 553. The minimum absolute atomic E-state index is 0.122. The summed E-state index contributed by atoms with van der Waals surface area (Å²) in [6.07, 6.45) is 0. The second-order valence-electron chi connectivity index (χ2n) is 5.27. The number of carboxylic acid groups (broad SMARTS) is 1. The van der Waals surface area contributed by atoms with Crippen molar-refractivity contribution >= 4 is 17.3 Å². The molecule has 0 bridgehead atoms.